The molecule has 0 radical (unpaired) electrons. The van der Waals surface area contributed by atoms with Crippen molar-refractivity contribution < 1.29 is 9.53 Å². The number of hydrogen-bond donors (Lipinski definition) is 2. The first-order valence-electron chi connectivity index (χ1n) is 6.08. The molecule has 1 fully saturated rings. The number of nitrogens with zero attached hydrogens (tertiary/aromatic N) is 1. The maximum atomic E-state index is 12.3. The van der Waals surface area contributed by atoms with Crippen LogP contribution in [0, 0.1) is 6.92 Å². The lowest BCUT2D eigenvalue weighted by Crippen LogP contribution is -2.50. The van der Waals surface area contributed by atoms with Crippen LogP contribution < -0.4 is 11.1 Å². The van der Waals surface area contributed by atoms with Gasteiger partial charge in [0.15, 0.2) is 0 Å². The van der Waals surface area contributed by atoms with E-state index in [1.807, 2.05) is 13.8 Å². The summed E-state index contributed by atoms with van der Waals surface area (Å²) >= 11 is 0. The average Bonchev–Trinajstić information content (AvgIpc) is 2.62. The number of carbonyl (C=O) groups is 1. The van der Waals surface area contributed by atoms with E-state index < -0.39 is 0 Å². The lowest BCUT2D eigenvalue weighted by molar-refractivity contribution is 0.0727. The van der Waals surface area contributed by atoms with Gasteiger partial charge in [-0.25, -0.2) is 0 Å². The fraction of sp³-hybridized carbons (Fsp3) is 0.538. The van der Waals surface area contributed by atoms with E-state index in [0.717, 1.165) is 6.42 Å². The number of nitrogens with one attached hydrogen (secondary N) is 1. The largest absolute Gasteiger partial charge is 0.397 e. The SMILES string of the molecule is Cc1ncc(N)cc1C(=O)NC1(C)CCOC1C. The molecular weight excluding hydrogens is 230 g/mol. The number of nitrogen functional groups attached to an aromatic ring is 1. The average molecular weight is 249 g/mol. The van der Waals surface area contributed by atoms with Crippen molar-refractivity contribution in [2.75, 3.05) is 12.3 Å². The Morgan fingerprint density at radius 2 is 2.39 bits per heavy atom. The normalized spacial score (nSPS) is 27.2. The van der Waals surface area contributed by atoms with Crippen LogP contribution in [-0.2, 0) is 4.74 Å². The Balaban J connectivity index is 2.19. The predicted octanol–water partition coefficient (Wildman–Crippen LogP) is 1.27. The van der Waals surface area contributed by atoms with Gasteiger partial charge in [0.25, 0.3) is 5.91 Å². The van der Waals surface area contributed by atoms with E-state index >= 15 is 0 Å². The third-order valence-electron chi connectivity index (χ3n) is 3.64. The first-order valence-corrected chi connectivity index (χ1v) is 6.08. The zero-order valence-electron chi connectivity index (χ0n) is 11.0. The van der Waals surface area contributed by atoms with Crippen LogP contribution in [0.1, 0.15) is 36.3 Å². The molecule has 3 N–H and O–H groups in total. The van der Waals surface area contributed by atoms with Crippen LogP contribution in [0.15, 0.2) is 12.3 Å². The first kappa shape index (κ1) is 12.8. The van der Waals surface area contributed by atoms with Crippen LogP contribution in [-0.4, -0.2) is 29.1 Å². The fourth-order valence-electron chi connectivity index (χ4n) is 2.10. The topological polar surface area (TPSA) is 77.2 Å². The maximum absolute atomic E-state index is 12.3. The molecule has 1 saturated heterocycles. The van der Waals surface area contributed by atoms with Crippen molar-refractivity contribution in [1.29, 1.82) is 0 Å². The number of anilines is 1. The Kier molecular flexibility index (Phi) is 3.26. The highest BCUT2D eigenvalue weighted by Crippen LogP contribution is 2.25. The second-order valence-corrected chi connectivity index (χ2v) is 5.04. The van der Waals surface area contributed by atoms with Crippen LogP contribution in [0.4, 0.5) is 5.69 Å². The van der Waals surface area contributed by atoms with E-state index in [9.17, 15) is 4.79 Å². The van der Waals surface area contributed by atoms with Gasteiger partial charge in [-0.05, 0) is 33.3 Å². The van der Waals surface area contributed by atoms with Crippen LogP contribution in [0.5, 0.6) is 0 Å². The summed E-state index contributed by atoms with van der Waals surface area (Å²) < 4.78 is 5.50. The van der Waals surface area contributed by atoms with E-state index in [1.165, 1.54) is 0 Å². The molecule has 0 saturated carbocycles. The summed E-state index contributed by atoms with van der Waals surface area (Å²) in [7, 11) is 0. The zero-order chi connectivity index (χ0) is 13.3. The summed E-state index contributed by atoms with van der Waals surface area (Å²) in [5, 5.41) is 3.03. The number of hydrogen-bond acceptors (Lipinski definition) is 4. The number of aromatic nitrogens is 1. The molecule has 2 rings (SSSR count). The molecule has 1 aliphatic heterocycles. The highest BCUT2D eigenvalue weighted by atomic mass is 16.5. The minimum Gasteiger partial charge on any atom is -0.397 e. The second kappa shape index (κ2) is 4.57. The van der Waals surface area contributed by atoms with E-state index in [4.69, 9.17) is 10.5 Å². The molecule has 98 valence electrons. The zero-order valence-corrected chi connectivity index (χ0v) is 11.0. The Bertz CT molecular complexity index is 475. The van der Waals surface area contributed by atoms with Crippen molar-refractivity contribution >= 4 is 11.6 Å². The molecule has 2 atom stereocenters. The number of carbonyl (C=O) groups excluding carboxylic acids is 1. The Labute approximate surface area is 107 Å². The van der Waals surface area contributed by atoms with Crippen molar-refractivity contribution in [1.82, 2.24) is 10.3 Å². The van der Waals surface area contributed by atoms with Crippen LogP contribution in [0.25, 0.3) is 0 Å². The third kappa shape index (κ3) is 2.31. The minimum absolute atomic E-state index is 0.00998. The van der Waals surface area contributed by atoms with Gasteiger partial charge >= 0.3 is 0 Å². The van der Waals surface area contributed by atoms with Crippen molar-refractivity contribution in [3.05, 3.63) is 23.5 Å². The molecule has 5 nitrogen and oxygen atoms in total. The molecule has 5 heteroatoms. The van der Waals surface area contributed by atoms with Gasteiger partial charge < -0.3 is 15.8 Å². The highest BCUT2D eigenvalue weighted by molar-refractivity contribution is 5.96. The number of pyridine rings is 1. The predicted molar refractivity (Wildman–Crippen MR) is 69.3 cm³/mol. The summed E-state index contributed by atoms with van der Waals surface area (Å²) in [4.78, 5) is 16.4. The fourth-order valence-corrected chi connectivity index (χ4v) is 2.10. The number of ether oxygens (including phenoxy) is 1. The summed E-state index contributed by atoms with van der Waals surface area (Å²) in [6.45, 7) is 6.44. The van der Waals surface area contributed by atoms with Gasteiger partial charge in [-0.3, -0.25) is 9.78 Å². The van der Waals surface area contributed by atoms with Gasteiger partial charge in [0, 0.05) is 6.61 Å². The van der Waals surface area contributed by atoms with Crippen molar-refractivity contribution in [3.8, 4) is 0 Å². The van der Waals surface area contributed by atoms with E-state index in [2.05, 4.69) is 10.3 Å². The third-order valence-corrected chi connectivity index (χ3v) is 3.64. The van der Waals surface area contributed by atoms with E-state index in [0.29, 0.717) is 23.6 Å². The van der Waals surface area contributed by atoms with Gasteiger partial charge in [0.05, 0.1) is 34.8 Å². The Hall–Kier alpha value is -1.62. The monoisotopic (exact) mass is 249 g/mol. The highest BCUT2D eigenvalue weighted by Gasteiger charge is 2.38. The standard InChI is InChI=1S/C13H19N3O2/c1-8-11(6-10(14)7-15-8)12(17)16-13(3)4-5-18-9(13)2/h6-7,9H,4-5,14H2,1-3H3,(H,16,17). The van der Waals surface area contributed by atoms with Crippen molar-refractivity contribution in [2.45, 2.75) is 38.8 Å². The van der Waals surface area contributed by atoms with E-state index in [-0.39, 0.29) is 17.6 Å². The molecule has 2 unspecified atom stereocenters. The quantitative estimate of drug-likeness (QED) is 0.827. The number of rotatable bonds is 2. The molecule has 0 aliphatic carbocycles. The van der Waals surface area contributed by atoms with Crippen molar-refractivity contribution in [2.24, 2.45) is 0 Å². The molecule has 0 bridgehead atoms. The summed E-state index contributed by atoms with van der Waals surface area (Å²) in [6, 6.07) is 1.65. The molecule has 1 aromatic heterocycles. The van der Waals surface area contributed by atoms with Crippen LogP contribution >= 0.6 is 0 Å². The molecule has 18 heavy (non-hydrogen) atoms. The van der Waals surface area contributed by atoms with Gasteiger partial charge in [0.1, 0.15) is 0 Å². The Morgan fingerprint density at radius 3 is 3.00 bits per heavy atom. The number of amides is 1. The van der Waals surface area contributed by atoms with Gasteiger partial charge in [-0.1, -0.05) is 0 Å². The van der Waals surface area contributed by atoms with Gasteiger partial charge in [-0.2, -0.15) is 0 Å². The Morgan fingerprint density at radius 1 is 1.67 bits per heavy atom. The van der Waals surface area contributed by atoms with Gasteiger partial charge in [0.2, 0.25) is 0 Å². The first-order chi connectivity index (χ1) is 8.42. The molecule has 1 aliphatic rings. The second-order valence-electron chi connectivity index (χ2n) is 5.04. The molecular formula is C13H19N3O2. The summed E-state index contributed by atoms with van der Waals surface area (Å²) in [5.74, 6) is -0.146. The molecule has 1 aromatic rings. The maximum Gasteiger partial charge on any atom is 0.253 e. The minimum atomic E-state index is -0.325. The van der Waals surface area contributed by atoms with Crippen LogP contribution in [0.2, 0.25) is 0 Å². The van der Waals surface area contributed by atoms with E-state index in [1.54, 1.807) is 19.2 Å². The van der Waals surface area contributed by atoms with Crippen molar-refractivity contribution in [3.63, 3.8) is 0 Å². The summed E-state index contributed by atoms with van der Waals surface area (Å²) in [6.07, 6.45) is 2.37. The molecule has 1 amide bonds. The lowest BCUT2D eigenvalue weighted by atomic mass is 9.94. The number of aryl methyl sites for hydroxylation is 1. The molecule has 2 heterocycles. The lowest BCUT2D eigenvalue weighted by Gasteiger charge is -2.29. The molecule has 0 spiro atoms. The molecule has 0 aromatic carbocycles. The van der Waals surface area contributed by atoms with Crippen LogP contribution in [0.3, 0.4) is 0 Å². The van der Waals surface area contributed by atoms with Gasteiger partial charge in [-0.15, -0.1) is 0 Å². The smallest absolute Gasteiger partial charge is 0.253 e. The summed E-state index contributed by atoms with van der Waals surface area (Å²) in [5.41, 5.74) is 7.03. The number of nitrogens with two attached hydrogens (primary N) is 1.